The van der Waals surface area contributed by atoms with Crippen LogP contribution in [0.3, 0.4) is 0 Å². The molecule has 0 unspecified atom stereocenters. The highest BCUT2D eigenvalue weighted by Gasteiger charge is 2.21. The van der Waals surface area contributed by atoms with E-state index in [0.717, 1.165) is 12.8 Å². The van der Waals surface area contributed by atoms with Crippen LogP contribution in [0, 0.1) is 10.1 Å². The normalized spacial score (nSPS) is 16.3. The minimum Gasteiger partial charge on any atom is -0.362 e. The van der Waals surface area contributed by atoms with Crippen LogP contribution in [0.2, 0.25) is 0 Å². The molecule has 86 valence electrons. The number of nitrogens with one attached hydrogen (secondary N) is 1. The van der Waals surface area contributed by atoms with Crippen LogP contribution in [0.25, 0.3) is 0 Å². The molecular weight excluding hydrogens is 274 g/mol. The van der Waals surface area contributed by atoms with Gasteiger partial charge in [0.15, 0.2) is 0 Å². The molecule has 5 nitrogen and oxygen atoms in total. The van der Waals surface area contributed by atoms with Gasteiger partial charge in [0.25, 0.3) is 0 Å². The first-order valence-corrected chi connectivity index (χ1v) is 6.02. The number of pyridine rings is 1. The molecule has 0 spiro atoms. The van der Waals surface area contributed by atoms with Crippen molar-refractivity contribution in [3.8, 4) is 0 Å². The van der Waals surface area contributed by atoms with Crippen molar-refractivity contribution in [2.24, 2.45) is 0 Å². The topological polar surface area (TPSA) is 68.1 Å². The zero-order valence-electron chi connectivity index (χ0n) is 8.65. The first kappa shape index (κ1) is 11.3. The smallest absolute Gasteiger partial charge is 0.312 e. The highest BCUT2D eigenvalue weighted by molar-refractivity contribution is 9.10. The molecule has 0 bridgehead atoms. The Morgan fingerprint density at radius 2 is 2.19 bits per heavy atom. The number of halogens is 1. The number of aromatic nitrogens is 1. The maximum Gasteiger partial charge on any atom is 0.312 e. The Morgan fingerprint density at radius 3 is 2.81 bits per heavy atom. The lowest BCUT2D eigenvalue weighted by atomic mass is 10.2. The first-order valence-electron chi connectivity index (χ1n) is 5.23. The highest BCUT2D eigenvalue weighted by Crippen LogP contribution is 2.28. The van der Waals surface area contributed by atoms with Gasteiger partial charge in [-0.15, -0.1) is 0 Å². The summed E-state index contributed by atoms with van der Waals surface area (Å²) in [5.74, 6) is 0.375. The van der Waals surface area contributed by atoms with Crippen LogP contribution in [0.1, 0.15) is 25.7 Å². The molecule has 0 aliphatic heterocycles. The van der Waals surface area contributed by atoms with Crippen LogP contribution in [0.5, 0.6) is 0 Å². The maximum atomic E-state index is 10.9. The van der Waals surface area contributed by atoms with Gasteiger partial charge in [-0.2, -0.15) is 0 Å². The highest BCUT2D eigenvalue weighted by atomic mass is 79.9. The fraction of sp³-hybridized carbons (Fsp3) is 0.500. The lowest BCUT2D eigenvalue weighted by Gasteiger charge is -2.12. The minimum absolute atomic E-state index is 0.0290. The standard InChI is InChI=1S/C10H12BrN3O2/c11-7-5-9(14(15)16)10(12-6-7)13-8-3-1-2-4-8/h5-6,8H,1-4H2,(H,12,13). The van der Waals surface area contributed by atoms with Crippen LogP contribution < -0.4 is 5.32 Å². The van der Waals surface area contributed by atoms with Gasteiger partial charge in [0, 0.05) is 22.8 Å². The second-order valence-electron chi connectivity index (χ2n) is 3.90. The Balaban J connectivity index is 2.21. The van der Waals surface area contributed by atoms with Gasteiger partial charge >= 0.3 is 5.69 Å². The molecule has 0 radical (unpaired) electrons. The van der Waals surface area contributed by atoms with Crippen molar-refractivity contribution >= 4 is 27.4 Å². The van der Waals surface area contributed by atoms with Crippen molar-refractivity contribution < 1.29 is 4.92 Å². The van der Waals surface area contributed by atoms with Crippen molar-refractivity contribution in [1.82, 2.24) is 4.98 Å². The minimum atomic E-state index is -0.408. The quantitative estimate of drug-likeness (QED) is 0.684. The molecule has 16 heavy (non-hydrogen) atoms. The second kappa shape index (κ2) is 4.78. The molecule has 1 aliphatic carbocycles. The third-order valence-electron chi connectivity index (χ3n) is 2.73. The number of nitro groups is 1. The van der Waals surface area contributed by atoms with Crippen molar-refractivity contribution in [2.45, 2.75) is 31.7 Å². The Labute approximate surface area is 102 Å². The van der Waals surface area contributed by atoms with Gasteiger partial charge in [-0.3, -0.25) is 10.1 Å². The Bertz CT molecular complexity index is 405. The molecule has 1 N–H and O–H groups in total. The molecule has 0 aromatic carbocycles. The van der Waals surface area contributed by atoms with Crippen LogP contribution in [0.15, 0.2) is 16.7 Å². The number of anilines is 1. The van der Waals surface area contributed by atoms with Crippen LogP contribution in [-0.4, -0.2) is 15.9 Å². The van der Waals surface area contributed by atoms with E-state index in [2.05, 4.69) is 26.2 Å². The van der Waals surface area contributed by atoms with Gasteiger partial charge in [-0.1, -0.05) is 12.8 Å². The molecule has 1 fully saturated rings. The predicted molar refractivity (Wildman–Crippen MR) is 64.5 cm³/mol. The molecule has 0 amide bonds. The summed E-state index contributed by atoms with van der Waals surface area (Å²) in [7, 11) is 0. The van der Waals surface area contributed by atoms with Gasteiger partial charge in [0.1, 0.15) is 0 Å². The first-order chi connectivity index (χ1) is 7.66. The molecule has 1 aromatic heterocycles. The fourth-order valence-electron chi connectivity index (χ4n) is 1.94. The van der Waals surface area contributed by atoms with Crippen LogP contribution in [0.4, 0.5) is 11.5 Å². The summed E-state index contributed by atoms with van der Waals surface area (Å²) in [5, 5.41) is 14.0. The number of hydrogen-bond acceptors (Lipinski definition) is 4. The zero-order chi connectivity index (χ0) is 11.5. The molecule has 0 atom stereocenters. The fourth-order valence-corrected chi connectivity index (χ4v) is 2.26. The zero-order valence-corrected chi connectivity index (χ0v) is 10.2. The van der Waals surface area contributed by atoms with E-state index in [9.17, 15) is 10.1 Å². The van der Waals surface area contributed by atoms with E-state index in [0.29, 0.717) is 16.3 Å². The number of rotatable bonds is 3. The summed E-state index contributed by atoms with van der Waals surface area (Å²) in [4.78, 5) is 14.5. The van der Waals surface area contributed by atoms with E-state index >= 15 is 0 Å². The molecule has 1 heterocycles. The van der Waals surface area contributed by atoms with Gasteiger partial charge in [-0.25, -0.2) is 4.98 Å². The van der Waals surface area contributed by atoms with E-state index in [1.807, 2.05) is 0 Å². The van der Waals surface area contributed by atoms with Gasteiger partial charge in [0.2, 0.25) is 5.82 Å². The monoisotopic (exact) mass is 285 g/mol. The third kappa shape index (κ3) is 2.49. The lowest BCUT2D eigenvalue weighted by molar-refractivity contribution is -0.384. The van der Waals surface area contributed by atoms with Crippen LogP contribution >= 0.6 is 15.9 Å². The average Bonchev–Trinajstić information content (AvgIpc) is 2.73. The maximum absolute atomic E-state index is 10.9. The lowest BCUT2D eigenvalue weighted by Crippen LogP contribution is -2.16. The summed E-state index contributed by atoms with van der Waals surface area (Å²) in [6, 6.07) is 1.80. The Hall–Kier alpha value is -1.17. The van der Waals surface area contributed by atoms with E-state index in [1.165, 1.54) is 18.9 Å². The summed E-state index contributed by atoms with van der Waals surface area (Å²) in [6.45, 7) is 0. The molecule has 6 heteroatoms. The Morgan fingerprint density at radius 1 is 1.50 bits per heavy atom. The number of hydrogen-bond donors (Lipinski definition) is 1. The van der Waals surface area contributed by atoms with Crippen molar-refractivity contribution in [2.75, 3.05) is 5.32 Å². The Kier molecular flexibility index (Phi) is 3.38. The van der Waals surface area contributed by atoms with Crippen molar-refractivity contribution in [1.29, 1.82) is 0 Å². The second-order valence-corrected chi connectivity index (χ2v) is 4.82. The largest absolute Gasteiger partial charge is 0.362 e. The molecule has 2 rings (SSSR count). The summed E-state index contributed by atoms with van der Waals surface area (Å²) in [5.41, 5.74) is 0.0290. The van der Waals surface area contributed by atoms with E-state index < -0.39 is 4.92 Å². The molecular formula is C10H12BrN3O2. The van der Waals surface area contributed by atoms with Crippen molar-refractivity contribution in [3.05, 3.63) is 26.9 Å². The average molecular weight is 286 g/mol. The predicted octanol–water partition coefficient (Wildman–Crippen LogP) is 3.11. The third-order valence-corrected chi connectivity index (χ3v) is 3.16. The van der Waals surface area contributed by atoms with Gasteiger partial charge in [-0.05, 0) is 28.8 Å². The summed E-state index contributed by atoms with van der Waals surface area (Å²) < 4.78 is 0.621. The molecule has 1 aliphatic rings. The van der Waals surface area contributed by atoms with Gasteiger partial charge < -0.3 is 5.32 Å². The van der Waals surface area contributed by atoms with E-state index in [-0.39, 0.29) is 5.69 Å². The molecule has 0 saturated heterocycles. The summed E-state index contributed by atoms with van der Waals surface area (Å²) >= 11 is 3.18. The summed E-state index contributed by atoms with van der Waals surface area (Å²) in [6.07, 6.45) is 6.07. The van der Waals surface area contributed by atoms with Crippen molar-refractivity contribution in [3.63, 3.8) is 0 Å². The van der Waals surface area contributed by atoms with E-state index in [4.69, 9.17) is 0 Å². The van der Waals surface area contributed by atoms with E-state index in [1.54, 1.807) is 6.20 Å². The van der Waals surface area contributed by atoms with Crippen LogP contribution in [-0.2, 0) is 0 Å². The van der Waals surface area contributed by atoms with Gasteiger partial charge in [0.05, 0.1) is 4.92 Å². The number of nitrogens with zero attached hydrogens (tertiary/aromatic N) is 2. The molecule has 1 saturated carbocycles. The SMILES string of the molecule is O=[N+]([O-])c1cc(Br)cnc1NC1CCCC1. The molecule has 1 aromatic rings.